The van der Waals surface area contributed by atoms with Gasteiger partial charge in [-0.25, -0.2) is 0 Å². The van der Waals surface area contributed by atoms with Crippen LogP contribution in [0, 0.1) is 0 Å². The summed E-state index contributed by atoms with van der Waals surface area (Å²) in [7, 11) is 0. The fourth-order valence-electron chi connectivity index (χ4n) is 2.53. The molecule has 1 unspecified atom stereocenters. The Labute approximate surface area is 117 Å². The molecule has 0 aliphatic carbocycles. The predicted molar refractivity (Wildman–Crippen MR) is 77.4 cm³/mol. The van der Waals surface area contributed by atoms with E-state index in [0.717, 1.165) is 11.3 Å². The first-order valence-electron chi connectivity index (χ1n) is 6.43. The summed E-state index contributed by atoms with van der Waals surface area (Å²) < 4.78 is 0. The van der Waals surface area contributed by atoms with Crippen molar-refractivity contribution in [3.05, 3.63) is 60.2 Å². The molecule has 0 bridgehead atoms. The van der Waals surface area contributed by atoms with Crippen LogP contribution in [0.2, 0.25) is 0 Å². The molecule has 100 valence electrons. The van der Waals surface area contributed by atoms with Gasteiger partial charge in [0, 0.05) is 6.92 Å². The van der Waals surface area contributed by atoms with Crippen LogP contribution < -0.4 is 10.2 Å². The molecular weight excluding hydrogens is 252 g/mol. The molecule has 2 aromatic carbocycles. The Kier molecular flexibility index (Phi) is 2.99. The molecule has 1 aliphatic rings. The van der Waals surface area contributed by atoms with E-state index in [1.807, 2.05) is 48.5 Å². The van der Waals surface area contributed by atoms with E-state index in [-0.39, 0.29) is 11.8 Å². The maximum absolute atomic E-state index is 12.4. The van der Waals surface area contributed by atoms with E-state index < -0.39 is 6.04 Å². The fourth-order valence-corrected chi connectivity index (χ4v) is 2.53. The number of rotatable bonds is 1. The molecule has 20 heavy (non-hydrogen) atoms. The molecule has 4 heteroatoms. The number of anilines is 2. The number of nitrogens with zero attached hydrogens (tertiary/aromatic N) is 1. The van der Waals surface area contributed by atoms with Crippen molar-refractivity contribution in [2.24, 2.45) is 0 Å². The van der Waals surface area contributed by atoms with Gasteiger partial charge >= 0.3 is 0 Å². The smallest absolute Gasteiger partial charge is 0.252 e. The second-order valence-electron chi connectivity index (χ2n) is 4.71. The van der Waals surface area contributed by atoms with E-state index in [0.29, 0.717) is 5.69 Å². The Hall–Kier alpha value is -2.62. The summed E-state index contributed by atoms with van der Waals surface area (Å²) in [6, 6.07) is 16.0. The van der Waals surface area contributed by atoms with Gasteiger partial charge in [0.1, 0.15) is 6.04 Å². The molecule has 3 rings (SSSR count). The van der Waals surface area contributed by atoms with Crippen LogP contribution in [-0.2, 0) is 9.59 Å². The fraction of sp³-hybridized carbons (Fsp3) is 0.125. The van der Waals surface area contributed by atoms with E-state index in [4.69, 9.17) is 0 Å². The molecule has 1 aliphatic heterocycles. The van der Waals surface area contributed by atoms with Crippen LogP contribution in [0.1, 0.15) is 18.5 Å². The van der Waals surface area contributed by atoms with Gasteiger partial charge in [-0.2, -0.15) is 0 Å². The number of fused-ring (bicyclic) bond motifs is 1. The van der Waals surface area contributed by atoms with E-state index in [1.165, 1.54) is 6.92 Å². The Morgan fingerprint density at radius 2 is 1.70 bits per heavy atom. The van der Waals surface area contributed by atoms with Crippen molar-refractivity contribution in [1.82, 2.24) is 0 Å². The second kappa shape index (κ2) is 4.81. The second-order valence-corrected chi connectivity index (χ2v) is 4.71. The monoisotopic (exact) mass is 266 g/mol. The lowest BCUT2D eigenvalue weighted by atomic mass is 10.00. The van der Waals surface area contributed by atoms with Crippen molar-refractivity contribution in [2.45, 2.75) is 13.0 Å². The Morgan fingerprint density at radius 1 is 1.05 bits per heavy atom. The summed E-state index contributed by atoms with van der Waals surface area (Å²) in [4.78, 5) is 25.9. The topological polar surface area (TPSA) is 49.4 Å². The molecule has 2 amide bonds. The number of hydrogen-bond acceptors (Lipinski definition) is 2. The third-order valence-corrected chi connectivity index (χ3v) is 3.38. The highest BCUT2D eigenvalue weighted by atomic mass is 16.2. The van der Waals surface area contributed by atoms with Crippen LogP contribution in [-0.4, -0.2) is 11.8 Å². The van der Waals surface area contributed by atoms with Crippen LogP contribution in [0.25, 0.3) is 0 Å². The number of para-hydroxylation sites is 2. The van der Waals surface area contributed by atoms with E-state index in [9.17, 15) is 9.59 Å². The molecule has 2 aromatic rings. The number of carbonyl (C=O) groups excluding carboxylic acids is 2. The normalized spacial score (nSPS) is 17.4. The zero-order chi connectivity index (χ0) is 14.1. The van der Waals surface area contributed by atoms with Crippen molar-refractivity contribution in [3.63, 3.8) is 0 Å². The van der Waals surface area contributed by atoms with Gasteiger partial charge in [0.05, 0.1) is 11.4 Å². The minimum Gasteiger partial charge on any atom is -0.322 e. The molecule has 0 aromatic heterocycles. The first-order chi connectivity index (χ1) is 9.68. The van der Waals surface area contributed by atoms with Crippen LogP contribution in [0.15, 0.2) is 54.6 Å². The number of benzene rings is 2. The summed E-state index contributed by atoms with van der Waals surface area (Å²) in [5.74, 6) is -0.341. The molecule has 0 saturated heterocycles. The lowest BCUT2D eigenvalue weighted by Crippen LogP contribution is -2.44. The van der Waals surface area contributed by atoms with Crippen LogP contribution >= 0.6 is 0 Å². The van der Waals surface area contributed by atoms with Gasteiger partial charge in [0.2, 0.25) is 5.91 Å². The van der Waals surface area contributed by atoms with Gasteiger partial charge in [-0.1, -0.05) is 42.5 Å². The van der Waals surface area contributed by atoms with E-state index in [2.05, 4.69) is 5.32 Å². The van der Waals surface area contributed by atoms with Gasteiger partial charge in [0.25, 0.3) is 5.91 Å². The third-order valence-electron chi connectivity index (χ3n) is 3.38. The Bertz CT molecular complexity index is 667. The molecule has 0 radical (unpaired) electrons. The van der Waals surface area contributed by atoms with Gasteiger partial charge < -0.3 is 5.32 Å². The van der Waals surface area contributed by atoms with Crippen LogP contribution in [0.3, 0.4) is 0 Å². The average Bonchev–Trinajstić information content (AvgIpc) is 2.46. The summed E-state index contributed by atoms with van der Waals surface area (Å²) in [6.07, 6.45) is 0. The summed E-state index contributed by atoms with van der Waals surface area (Å²) in [6.45, 7) is 1.48. The number of nitrogens with one attached hydrogen (secondary N) is 1. The summed E-state index contributed by atoms with van der Waals surface area (Å²) in [5.41, 5.74) is 2.20. The van der Waals surface area contributed by atoms with Gasteiger partial charge in [-0.05, 0) is 17.7 Å². The lowest BCUT2D eigenvalue weighted by Gasteiger charge is -2.36. The molecule has 4 nitrogen and oxygen atoms in total. The van der Waals surface area contributed by atoms with Gasteiger partial charge in [-0.15, -0.1) is 0 Å². The molecule has 1 heterocycles. The zero-order valence-electron chi connectivity index (χ0n) is 11.0. The number of hydrogen-bond donors (Lipinski definition) is 1. The van der Waals surface area contributed by atoms with Crippen molar-refractivity contribution < 1.29 is 9.59 Å². The highest BCUT2D eigenvalue weighted by molar-refractivity contribution is 6.11. The third kappa shape index (κ3) is 1.95. The first-order valence-corrected chi connectivity index (χ1v) is 6.43. The van der Waals surface area contributed by atoms with Crippen molar-refractivity contribution >= 4 is 23.2 Å². The molecular formula is C16H14N2O2. The van der Waals surface area contributed by atoms with Crippen molar-refractivity contribution in [3.8, 4) is 0 Å². The van der Waals surface area contributed by atoms with Crippen LogP contribution in [0.5, 0.6) is 0 Å². The molecule has 1 atom stereocenters. The quantitative estimate of drug-likeness (QED) is 0.862. The Balaban J connectivity index is 2.15. The highest BCUT2D eigenvalue weighted by Crippen LogP contribution is 2.37. The minimum atomic E-state index is -0.622. The standard InChI is InChI=1S/C16H14N2O2/c1-11(19)18-14-10-6-5-9-13(14)17-16(20)15(18)12-7-3-2-4-8-12/h2-10,15H,1H3,(H,17,20). The molecule has 0 fully saturated rings. The largest absolute Gasteiger partial charge is 0.322 e. The van der Waals surface area contributed by atoms with Gasteiger partial charge in [0.15, 0.2) is 0 Å². The van der Waals surface area contributed by atoms with Crippen LogP contribution in [0.4, 0.5) is 11.4 Å². The average molecular weight is 266 g/mol. The number of carbonyl (C=O) groups is 2. The molecule has 1 N–H and O–H groups in total. The predicted octanol–water partition coefficient (Wildman–Crippen LogP) is 2.73. The zero-order valence-corrected chi connectivity index (χ0v) is 11.0. The van der Waals surface area contributed by atoms with Crippen molar-refractivity contribution in [1.29, 1.82) is 0 Å². The maximum Gasteiger partial charge on any atom is 0.252 e. The van der Waals surface area contributed by atoms with Gasteiger partial charge in [-0.3, -0.25) is 14.5 Å². The maximum atomic E-state index is 12.4. The first kappa shape index (κ1) is 12.4. The lowest BCUT2D eigenvalue weighted by molar-refractivity contribution is -0.123. The highest BCUT2D eigenvalue weighted by Gasteiger charge is 2.36. The SMILES string of the molecule is CC(=O)N1c2ccccc2NC(=O)C1c1ccccc1. The number of amides is 2. The Morgan fingerprint density at radius 3 is 2.40 bits per heavy atom. The van der Waals surface area contributed by atoms with E-state index >= 15 is 0 Å². The molecule has 0 spiro atoms. The molecule has 0 saturated carbocycles. The minimum absolute atomic E-state index is 0.152. The van der Waals surface area contributed by atoms with Crippen molar-refractivity contribution in [2.75, 3.05) is 10.2 Å². The summed E-state index contributed by atoms with van der Waals surface area (Å²) >= 11 is 0. The van der Waals surface area contributed by atoms with E-state index in [1.54, 1.807) is 11.0 Å². The summed E-state index contributed by atoms with van der Waals surface area (Å²) in [5, 5.41) is 2.86.